The van der Waals surface area contributed by atoms with Crippen LogP contribution < -0.4 is 5.32 Å². The summed E-state index contributed by atoms with van der Waals surface area (Å²) in [4.78, 5) is 0. The highest BCUT2D eigenvalue weighted by Gasteiger charge is 2.04. The standard InChI is InChI=1S/C20H27N5/c1-4-5-7-19-15-25(23-22-19)12-6-11-24-13-10-17-14-18(21-16(2)3)8-9-20(17)24/h8-10,13-15,21H,2,4-7,11-12H2,1,3H3. The lowest BCUT2D eigenvalue weighted by molar-refractivity contribution is 0.520. The van der Waals surface area contributed by atoms with E-state index in [1.54, 1.807) is 0 Å². The van der Waals surface area contributed by atoms with Gasteiger partial charge in [-0.05, 0) is 50.5 Å². The maximum Gasteiger partial charge on any atom is 0.0827 e. The van der Waals surface area contributed by atoms with E-state index in [9.17, 15) is 0 Å². The fourth-order valence-electron chi connectivity index (χ4n) is 3.04. The maximum atomic E-state index is 4.24. The summed E-state index contributed by atoms with van der Waals surface area (Å²) in [5, 5.41) is 13.0. The van der Waals surface area contributed by atoms with Crippen LogP contribution in [0.4, 0.5) is 5.69 Å². The van der Waals surface area contributed by atoms with Gasteiger partial charge in [-0.1, -0.05) is 25.1 Å². The van der Waals surface area contributed by atoms with Gasteiger partial charge in [0.05, 0.1) is 5.69 Å². The zero-order chi connectivity index (χ0) is 17.6. The van der Waals surface area contributed by atoms with Crippen LogP contribution in [0, 0.1) is 0 Å². The number of aryl methyl sites for hydroxylation is 3. The Morgan fingerprint density at radius 1 is 1.20 bits per heavy atom. The summed E-state index contributed by atoms with van der Waals surface area (Å²) in [6.07, 6.45) is 8.67. The van der Waals surface area contributed by atoms with Crippen LogP contribution in [0.3, 0.4) is 0 Å². The first-order valence-corrected chi connectivity index (χ1v) is 9.06. The molecule has 0 aliphatic heterocycles. The fourth-order valence-corrected chi connectivity index (χ4v) is 3.04. The number of unbranched alkanes of at least 4 members (excludes halogenated alkanes) is 1. The van der Waals surface area contributed by atoms with E-state index in [0.29, 0.717) is 0 Å². The lowest BCUT2D eigenvalue weighted by atomic mass is 10.2. The van der Waals surface area contributed by atoms with Crippen molar-refractivity contribution in [1.29, 1.82) is 0 Å². The van der Waals surface area contributed by atoms with Crippen molar-refractivity contribution in [3.8, 4) is 0 Å². The van der Waals surface area contributed by atoms with E-state index in [2.05, 4.69) is 70.4 Å². The van der Waals surface area contributed by atoms with Crippen LogP contribution in [0.25, 0.3) is 10.9 Å². The zero-order valence-electron chi connectivity index (χ0n) is 15.2. The Kier molecular flexibility index (Phi) is 5.53. The summed E-state index contributed by atoms with van der Waals surface area (Å²) in [7, 11) is 0. The van der Waals surface area contributed by atoms with Gasteiger partial charge in [0.25, 0.3) is 0 Å². The number of aromatic nitrogens is 4. The molecule has 3 aromatic rings. The lowest BCUT2D eigenvalue weighted by Gasteiger charge is -2.08. The fraction of sp³-hybridized carbons (Fsp3) is 0.400. The van der Waals surface area contributed by atoms with Crippen molar-refractivity contribution in [2.45, 2.75) is 52.6 Å². The number of allylic oxidation sites excluding steroid dienone is 1. The van der Waals surface area contributed by atoms with Gasteiger partial charge in [-0.25, -0.2) is 0 Å². The summed E-state index contributed by atoms with van der Waals surface area (Å²) in [6.45, 7) is 9.93. The minimum atomic E-state index is 0.897. The average Bonchev–Trinajstić information content (AvgIpc) is 3.19. The molecule has 3 rings (SSSR count). The van der Waals surface area contributed by atoms with Crippen LogP contribution in [-0.2, 0) is 19.5 Å². The SMILES string of the molecule is C=C(C)Nc1ccc2c(ccn2CCCn2cc(CCCC)nn2)c1. The minimum absolute atomic E-state index is 0.897. The third-order valence-corrected chi connectivity index (χ3v) is 4.29. The predicted molar refractivity (Wildman–Crippen MR) is 104 cm³/mol. The second-order valence-corrected chi connectivity index (χ2v) is 6.62. The largest absolute Gasteiger partial charge is 0.360 e. The molecule has 132 valence electrons. The van der Waals surface area contributed by atoms with Crippen molar-refractivity contribution in [3.05, 3.63) is 54.6 Å². The van der Waals surface area contributed by atoms with E-state index in [1.807, 2.05) is 11.6 Å². The van der Waals surface area contributed by atoms with Crippen LogP contribution in [0.5, 0.6) is 0 Å². The quantitative estimate of drug-likeness (QED) is 0.620. The number of rotatable bonds is 9. The van der Waals surface area contributed by atoms with Gasteiger partial charge >= 0.3 is 0 Å². The zero-order valence-corrected chi connectivity index (χ0v) is 15.2. The van der Waals surface area contributed by atoms with Gasteiger partial charge in [-0.15, -0.1) is 5.10 Å². The summed E-state index contributed by atoms with van der Waals surface area (Å²) >= 11 is 0. The second-order valence-electron chi connectivity index (χ2n) is 6.62. The van der Waals surface area contributed by atoms with Crippen LogP contribution in [0.1, 0.15) is 38.8 Å². The van der Waals surface area contributed by atoms with E-state index in [1.165, 1.54) is 23.7 Å². The molecule has 5 heteroatoms. The third-order valence-electron chi connectivity index (χ3n) is 4.29. The van der Waals surface area contributed by atoms with Crippen molar-refractivity contribution in [2.24, 2.45) is 0 Å². The molecule has 0 unspecified atom stereocenters. The van der Waals surface area contributed by atoms with Gasteiger partial charge in [-0.2, -0.15) is 0 Å². The van der Waals surface area contributed by atoms with Crippen LogP contribution in [0.15, 0.2) is 48.9 Å². The van der Waals surface area contributed by atoms with Crippen LogP contribution >= 0.6 is 0 Å². The molecule has 25 heavy (non-hydrogen) atoms. The molecule has 0 saturated carbocycles. The molecule has 0 aliphatic carbocycles. The molecule has 1 N–H and O–H groups in total. The molecule has 0 bridgehead atoms. The average molecular weight is 337 g/mol. The highest BCUT2D eigenvalue weighted by molar-refractivity contribution is 5.84. The Labute approximate surface area is 149 Å². The Morgan fingerprint density at radius 3 is 2.88 bits per heavy atom. The van der Waals surface area contributed by atoms with E-state index in [4.69, 9.17) is 0 Å². The number of anilines is 1. The monoisotopic (exact) mass is 337 g/mol. The van der Waals surface area contributed by atoms with Gasteiger partial charge in [0, 0.05) is 47.8 Å². The first kappa shape index (κ1) is 17.3. The highest BCUT2D eigenvalue weighted by atomic mass is 15.4. The predicted octanol–water partition coefficient (Wildman–Crippen LogP) is 4.61. The molecule has 5 nitrogen and oxygen atoms in total. The van der Waals surface area contributed by atoms with Crippen LogP contribution in [0.2, 0.25) is 0 Å². The summed E-state index contributed by atoms with van der Waals surface area (Å²) in [5.41, 5.74) is 4.39. The van der Waals surface area contributed by atoms with Crippen molar-refractivity contribution in [3.63, 3.8) is 0 Å². The molecule has 0 saturated heterocycles. The van der Waals surface area contributed by atoms with E-state index < -0.39 is 0 Å². The molecular formula is C20H27N5. The van der Waals surface area contributed by atoms with Gasteiger partial charge < -0.3 is 9.88 Å². The molecule has 2 aromatic heterocycles. The Bertz CT molecular complexity index is 843. The molecule has 0 aliphatic rings. The molecule has 0 fully saturated rings. The Hall–Kier alpha value is -2.56. The van der Waals surface area contributed by atoms with Crippen molar-refractivity contribution >= 4 is 16.6 Å². The summed E-state index contributed by atoms with van der Waals surface area (Å²) in [5.74, 6) is 0. The first-order valence-electron chi connectivity index (χ1n) is 9.06. The highest BCUT2D eigenvalue weighted by Crippen LogP contribution is 2.21. The van der Waals surface area contributed by atoms with Gasteiger partial charge in [0.2, 0.25) is 0 Å². The van der Waals surface area contributed by atoms with Gasteiger partial charge in [-0.3, -0.25) is 4.68 Å². The lowest BCUT2D eigenvalue weighted by Crippen LogP contribution is -2.04. The molecule has 0 radical (unpaired) electrons. The van der Waals surface area contributed by atoms with Crippen LogP contribution in [-0.4, -0.2) is 19.6 Å². The summed E-state index contributed by atoms with van der Waals surface area (Å²) < 4.78 is 4.26. The number of benzene rings is 1. The number of nitrogens with zero attached hydrogens (tertiary/aromatic N) is 4. The Morgan fingerprint density at radius 2 is 2.08 bits per heavy atom. The van der Waals surface area contributed by atoms with Crippen molar-refractivity contribution < 1.29 is 0 Å². The smallest absolute Gasteiger partial charge is 0.0827 e. The molecule has 0 spiro atoms. The van der Waals surface area contributed by atoms with E-state index in [-0.39, 0.29) is 0 Å². The topological polar surface area (TPSA) is 47.7 Å². The van der Waals surface area contributed by atoms with Gasteiger partial charge in [0.1, 0.15) is 0 Å². The van der Waals surface area contributed by atoms with Crippen molar-refractivity contribution in [2.75, 3.05) is 5.32 Å². The molecule has 0 atom stereocenters. The molecular weight excluding hydrogens is 310 g/mol. The minimum Gasteiger partial charge on any atom is -0.360 e. The van der Waals surface area contributed by atoms with Gasteiger partial charge in [0.15, 0.2) is 0 Å². The molecule has 2 heterocycles. The van der Waals surface area contributed by atoms with Crippen molar-refractivity contribution in [1.82, 2.24) is 19.6 Å². The third kappa shape index (κ3) is 4.50. The van der Waals surface area contributed by atoms with E-state index in [0.717, 1.165) is 43.0 Å². The second kappa shape index (κ2) is 8.01. The summed E-state index contributed by atoms with van der Waals surface area (Å²) in [6, 6.07) is 8.60. The first-order chi connectivity index (χ1) is 12.2. The number of nitrogens with one attached hydrogen (secondary N) is 1. The number of fused-ring (bicyclic) bond motifs is 1. The maximum absolute atomic E-state index is 4.24. The van der Waals surface area contributed by atoms with E-state index >= 15 is 0 Å². The molecule has 1 aromatic carbocycles. The number of hydrogen-bond donors (Lipinski definition) is 1. The normalized spacial score (nSPS) is 11.1. The molecule has 0 amide bonds. The number of hydrogen-bond acceptors (Lipinski definition) is 3. The Balaban J connectivity index is 1.58.